The molecule has 28 heavy (non-hydrogen) atoms. The Bertz CT molecular complexity index is 888. The van der Waals surface area contributed by atoms with E-state index >= 15 is 0 Å². The number of benzene rings is 2. The highest BCUT2D eigenvalue weighted by molar-refractivity contribution is 8.00. The summed E-state index contributed by atoms with van der Waals surface area (Å²) in [5, 5.41) is 5.21. The highest BCUT2D eigenvalue weighted by Gasteiger charge is 2.15. The Morgan fingerprint density at radius 3 is 2.50 bits per heavy atom. The summed E-state index contributed by atoms with van der Waals surface area (Å²) in [5.41, 5.74) is 2.11. The quantitative estimate of drug-likeness (QED) is 0.407. The van der Waals surface area contributed by atoms with Crippen molar-refractivity contribution in [2.24, 2.45) is 0 Å². The van der Waals surface area contributed by atoms with Crippen molar-refractivity contribution < 1.29 is 19.1 Å². The van der Waals surface area contributed by atoms with E-state index in [4.69, 9.17) is 11.2 Å². The molecule has 0 unspecified atom stereocenters. The Morgan fingerprint density at radius 1 is 1.07 bits per heavy atom. The molecule has 144 valence electrons. The maximum absolute atomic E-state index is 12.3. The molecule has 0 heterocycles. The lowest BCUT2D eigenvalue weighted by Crippen LogP contribution is -2.29. The van der Waals surface area contributed by atoms with Crippen LogP contribution in [-0.4, -0.2) is 36.7 Å². The molecule has 2 amide bonds. The average molecular weight is 396 g/mol. The highest BCUT2D eigenvalue weighted by Crippen LogP contribution is 2.23. The standard InChI is InChI=1S/C21H20N2O4S/c1-3-12-22-19(24)13-27-21(26)17-6-4-5-7-18(17)28-14-20(25)23-16-10-8-15(2)9-11-16/h1,4-11H,12-14H2,2H3,(H,22,24)(H,23,25). The molecule has 0 aromatic heterocycles. The average Bonchev–Trinajstić information content (AvgIpc) is 2.70. The maximum atomic E-state index is 12.3. The number of anilines is 1. The number of rotatable bonds is 8. The van der Waals surface area contributed by atoms with Crippen molar-refractivity contribution in [3.8, 4) is 12.3 Å². The second kappa shape index (κ2) is 10.8. The zero-order valence-electron chi connectivity index (χ0n) is 15.4. The van der Waals surface area contributed by atoms with Crippen molar-refractivity contribution >= 4 is 35.2 Å². The molecule has 2 N–H and O–H groups in total. The number of amides is 2. The number of esters is 1. The number of aryl methyl sites for hydroxylation is 1. The molecule has 2 aromatic rings. The molecule has 0 bridgehead atoms. The Kier molecular flexibility index (Phi) is 8.12. The zero-order chi connectivity index (χ0) is 20.4. The molecule has 0 radical (unpaired) electrons. The predicted molar refractivity (Wildman–Crippen MR) is 109 cm³/mol. The van der Waals surface area contributed by atoms with Gasteiger partial charge in [0.05, 0.1) is 17.9 Å². The lowest BCUT2D eigenvalue weighted by Gasteiger charge is -2.10. The maximum Gasteiger partial charge on any atom is 0.339 e. The van der Waals surface area contributed by atoms with Gasteiger partial charge in [-0.25, -0.2) is 4.79 Å². The highest BCUT2D eigenvalue weighted by atomic mass is 32.2. The third-order valence-electron chi connectivity index (χ3n) is 3.52. The van der Waals surface area contributed by atoms with Crippen LogP contribution >= 0.6 is 11.8 Å². The van der Waals surface area contributed by atoms with E-state index in [1.165, 1.54) is 11.8 Å². The van der Waals surface area contributed by atoms with Gasteiger partial charge in [0.25, 0.3) is 5.91 Å². The number of carbonyl (C=O) groups excluding carboxylic acids is 3. The molecule has 0 atom stereocenters. The number of hydrogen-bond donors (Lipinski definition) is 2. The Labute approximate surface area is 168 Å². The SMILES string of the molecule is C#CCNC(=O)COC(=O)c1ccccc1SCC(=O)Nc1ccc(C)cc1. The number of hydrogen-bond acceptors (Lipinski definition) is 5. The van der Waals surface area contributed by atoms with Crippen LogP contribution in [0.5, 0.6) is 0 Å². The third kappa shape index (κ3) is 6.82. The molecular formula is C21H20N2O4S. The molecule has 0 saturated heterocycles. The van der Waals surface area contributed by atoms with E-state index in [0.29, 0.717) is 16.1 Å². The lowest BCUT2D eigenvalue weighted by atomic mass is 10.2. The lowest BCUT2D eigenvalue weighted by molar-refractivity contribution is -0.124. The fourth-order valence-corrected chi connectivity index (χ4v) is 2.99. The van der Waals surface area contributed by atoms with Crippen LogP contribution in [0.15, 0.2) is 53.4 Å². The van der Waals surface area contributed by atoms with E-state index in [1.54, 1.807) is 24.3 Å². The minimum Gasteiger partial charge on any atom is -0.452 e. The first-order chi connectivity index (χ1) is 13.5. The van der Waals surface area contributed by atoms with Crippen LogP contribution in [0.3, 0.4) is 0 Å². The van der Waals surface area contributed by atoms with E-state index < -0.39 is 18.5 Å². The van der Waals surface area contributed by atoms with Crippen molar-refractivity contribution in [2.75, 3.05) is 24.2 Å². The summed E-state index contributed by atoms with van der Waals surface area (Å²) in [6.45, 7) is 1.61. The van der Waals surface area contributed by atoms with Gasteiger partial charge < -0.3 is 15.4 Å². The van der Waals surface area contributed by atoms with Gasteiger partial charge in [-0.1, -0.05) is 35.7 Å². The molecule has 0 aliphatic heterocycles. The van der Waals surface area contributed by atoms with Gasteiger partial charge in [0, 0.05) is 10.6 Å². The van der Waals surface area contributed by atoms with Gasteiger partial charge in [-0.05, 0) is 31.2 Å². The van der Waals surface area contributed by atoms with Crippen LogP contribution in [0.25, 0.3) is 0 Å². The normalized spacial score (nSPS) is 9.86. The van der Waals surface area contributed by atoms with E-state index in [9.17, 15) is 14.4 Å². The monoisotopic (exact) mass is 396 g/mol. The molecule has 6 nitrogen and oxygen atoms in total. The summed E-state index contributed by atoms with van der Waals surface area (Å²) in [4.78, 5) is 36.5. The molecule has 0 spiro atoms. The second-order valence-corrected chi connectivity index (χ2v) is 6.77. The Balaban J connectivity index is 1.91. The van der Waals surface area contributed by atoms with E-state index in [2.05, 4.69) is 16.6 Å². The molecule has 0 aliphatic rings. The minimum atomic E-state index is -0.641. The smallest absolute Gasteiger partial charge is 0.339 e. The summed E-state index contributed by atoms with van der Waals surface area (Å²) in [6, 6.07) is 14.2. The van der Waals surface area contributed by atoms with Crippen molar-refractivity contribution in [3.05, 3.63) is 59.7 Å². The van der Waals surface area contributed by atoms with Crippen LogP contribution < -0.4 is 10.6 Å². The summed E-state index contributed by atoms with van der Waals surface area (Å²) in [7, 11) is 0. The summed E-state index contributed by atoms with van der Waals surface area (Å²) >= 11 is 1.21. The van der Waals surface area contributed by atoms with Gasteiger partial charge in [0.15, 0.2) is 6.61 Å². The van der Waals surface area contributed by atoms with Crippen LogP contribution in [0.1, 0.15) is 15.9 Å². The molecule has 2 aromatic carbocycles. The summed E-state index contributed by atoms with van der Waals surface area (Å²) < 4.78 is 5.01. The van der Waals surface area contributed by atoms with Gasteiger partial charge in [-0.15, -0.1) is 18.2 Å². The Morgan fingerprint density at radius 2 is 1.79 bits per heavy atom. The number of terminal acetylenes is 1. The molecular weight excluding hydrogens is 376 g/mol. The first-order valence-corrected chi connectivity index (χ1v) is 9.44. The predicted octanol–water partition coefficient (Wildman–Crippen LogP) is 2.63. The molecule has 2 rings (SSSR count). The van der Waals surface area contributed by atoms with Gasteiger partial charge in [0.2, 0.25) is 5.91 Å². The van der Waals surface area contributed by atoms with Crippen LogP contribution in [-0.2, 0) is 14.3 Å². The number of nitrogens with one attached hydrogen (secondary N) is 2. The van der Waals surface area contributed by atoms with Crippen LogP contribution in [0.2, 0.25) is 0 Å². The van der Waals surface area contributed by atoms with E-state index in [0.717, 1.165) is 5.56 Å². The van der Waals surface area contributed by atoms with Gasteiger partial charge in [-0.2, -0.15) is 0 Å². The van der Waals surface area contributed by atoms with E-state index in [-0.39, 0.29) is 18.2 Å². The fraction of sp³-hybridized carbons (Fsp3) is 0.190. The number of carbonyl (C=O) groups is 3. The molecule has 0 saturated carbocycles. The van der Waals surface area contributed by atoms with Crippen molar-refractivity contribution in [1.82, 2.24) is 5.32 Å². The van der Waals surface area contributed by atoms with Crippen LogP contribution in [0, 0.1) is 19.3 Å². The van der Waals surface area contributed by atoms with Gasteiger partial charge in [0.1, 0.15) is 0 Å². The van der Waals surface area contributed by atoms with Crippen LogP contribution in [0.4, 0.5) is 5.69 Å². The fourth-order valence-electron chi connectivity index (χ4n) is 2.15. The topological polar surface area (TPSA) is 84.5 Å². The number of thioether (sulfide) groups is 1. The summed E-state index contributed by atoms with van der Waals surface area (Å²) in [5.74, 6) is 1.08. The van der Waals surface area contributed by atoms with E-state index in [1.807, 2.05) is 31.2 Å². The molecule has 7 heteroatoms. The number of ether oxygens (including phenoxy) is 1. The van der Waals surface area contributed by atoms with Gasteiger partial charge >= 0.3 is 5.97 Å². The first-order valence-electron chi connectivity index (χ1n) is 8.45. The Hall–Kier alpha value is -3.24. The van der Waals surface area contributed by atoms with Crippen molar-refractivity contribution in [3.63, 3.8) is 0 Å². The first kappa shape index (κ1) is 21.1. The van der Waals surface area contributed by atoms with Gasteiger partial charge in [-0.3, -0.25) is 9.59 Å². The van der Waals surface area contributed by atoms with Crippen molar-refractivity contribution in [1.29, 1.82) is 0 Å². The largest absolute Gasteiger partial charge is 0.452 e. The minimum absolute atomic E-state index is 0.0684. The summed E-state index contributed by atoms with van der Waals surface area (Å²) in [6.07, 6.45) is 5.05. The zero-order valence-corrected chi connectivity index (χ0v) is 16.2. The third-order valence-corrected chi connectivity index (χ3v) is 4.60. The molecule has 0 aliphatic carbocycles. The van der Waals surface area contributed by atoms with Crippen molar-refractivity contribution in [2.45, 2.75) is 11.8 Å². The molecule has 0 fully saturated rings. The second-order valence-electron chi connectivity index (χ2n) is 5.76.